The van der Waals surface area contributed by atoms with E-state index in [1.54, 1.807) is 11.3 Å². The van der Waals surface area contributed by atoms with E-state index in [1.165, 1.54) is 24.3 Å². The number of nitrogens with one attached hydrogen (secondary N) is 2. The minimum Gasteiger partial charge on any atom is -0.348 e. The van der Waals surface area contributed by atoms with Crippen LogP contribution in [-0.4, -0.2) is 21.9 Å². The molecule has 2 aromatic rings. The summed E-state index contributed by atoms with van der Waals surface area (Å²) in [6, 6.07) is 2.23. The van der Waals surface area contributed by atoms with Gasteiger partial charge in [-0.3, -0.25) is 4.79 Å². The zero-order valence-corrected chi connectivity index (χ0v) is 15.4. The van der Waals surface area contributed by atoms with Crippen LogP contribution >= 0.6 is 11.3 Å². The van der Waals surface area contributed by atoms with Crippen molar-refractivity contribution in [1.29, 1.82) is 0 Å². The molecule has 4 atom stereocenters. The third kappa shape index (κ3) is 2.10. The number of H-pyrrole nitrogens is 1. The van der Waals surface area contributed by atoms with Crippen molar-refractivity contribution in [2.45, 2.75) is 58.4 Å². The van der Waals surface area contributed by atoms with Crippen molar-refractivity contribution in [3.05, 3.63) is 16.8 Å². The molecular weight excluding hydrogens is 318 g/mol. The number of thiazole rings is 1. The van der Waals surface area contributed by atoms with E-state index in [4.69, 9.17) is 0 Å². The number of amides is 1. The topological polar surface area (TPSA) is 57.8 Å². The van der Waals surface area contributed by atoms with E-state index in [0.717, 1.165) is 28.6 Å². The molecule has 5 heteroatoms. The fourth-order valence-corrected chi connectivity index (χ4v) is 6.17. The van der Waals surface area contributed by atoms with Crippen molar-refractivity contribution in [1.82, 2.24) is 15.3 Å². The van der Waals surface area contributed by atoms with Crippen LogP contribution in [-0.2, 0) is 0 Å². The van der Waals surface area contributed by atoms with Gasteiger partial charge >= 0.3 is 0 Å². The Balaban J connectivity index is 1.31. The number of hydrogen-bond acceptors (Lipinski definition) is 3. The Bertz CT molecular complexity index is 784. The zero-order chi connectivity index (χ0) is 16.6. The van der Waals surface area contributed by atoms with Gasteiger partial charge in [0.1, 0.15) is 16.0 Å². The predicted octanol–water partition coefficient (Wildman–Crippen LogP) is 4.30. The van der Waals surface area contributed by atoms with E-state index in [9.17, 15) is 4.79 Å². The quantitative estimate of drug-likeness (QED) is 0.873. The molecule has 2 aromatic heterocycles. The first-order chi connectivity index (χ1) is 11.4. The summed E-state index contributed by atoms with van der Waals surface area (Å²) in [5.41, 5.74) is 2.07. The molecule has 0 spiro atoms. The fraction of sp³-hybridized carbons (Fsp3) is 0.684. The molecule has 2 N–H and O–H groups in total. The van der Waals surface area contributed by atoms with Gasteiger partial charge in [0, 0.05) is 12.0 Å². The van der Waals surface area contributed by atoms with Gasteiger partial charge in [-0.05, 0) is 54.9 Å². The van der Waals surface area contributed by atoms with E-state index in [-0.39, 0.29) is 5.91 Å². The van der Waals surface area contributed by atoms with Gasteiger partial charge in [-0.25, -0.2) is 4.98 Å². The monoisotopic (exact) mass is 343 g/mol. The number of aromatic nitrogens is 2. The van der Waals surface area contributed by atoms with Gasteiger partial charge in [-0.1, -0.05) is 20.8 Å². The van der Waals surface area contributed by atoms with Gasteiger partial charge in [0.2, 0.25) is 0 Å². The summed E-state index contributed by atoms with van der Waals surface area (Å²) in [4.78, 5) is 21.7. The highest BCUT2D eigenvalue weighted by Crippen LogP contribution is 2.61. The summed E-state index contributed by atoms with van der Waals surface area (Å²) in [6.45, 7) is 7.09. The number of fused-ring (bicyclic) bond motifs is 3. The molecule has 2 bridgehead atoms. The summed E-state index contributed by atoms with van der Waals surface area (Å²) in [5, 5.41) is 4.52. The Kier molecular flexibility index (Phi) is 3.01. The van der Waals surface area contributed by atoms with Gasteiger partial charge in [-0.15, -0.1) is 11.3 Å². The third-order valence-corrected chi connectivity index (χ3v) is 8.19. The lowest BCUT2D eigenvalue weighted by atomic mass is 9.45. The maximum Gasteiger partial charge on any atom is 0.268 e. The van der Waals surface area contributed by atoms with E-state index in [2.05, 4.69) is 36.1 Å². The van der Waals surface area contributed by atoms with Crippen LogP contribution in [0.3, 0.4) is 0 Å². The first-order valence-corrected chi connectivity index (χ1v) is 10.1. The summed E-state index contributed by atoms with van der Waals surface area (Å²) >= 11 is 1.71. The molecule has 0 radical (unpaired) electrons. The molecule has 4 nitrogen and oxygen atoms in total. The Labute approximate surface area is 146 Å². The van der Waals surface area contributed by atoms with Crippen molar-refractivity contribution in [3.8, 4) is 0 Å². The molecule has 4 fully saturated rings. The zero-order valence-electron chi connectivity index (χ0n) is 14.6. The molecule has 4 aliphatic carbocycles. The number of rotatable bonds is 3. The average Bonchev–Trinajstić information content (AvgIpc) is 3.18. The number of hydrogen-bond donors (Lipinski definition) is 2. The van der Waals surface area contributed by atoms with E-state index in [1.807, 2.05) is 6.07 Å². The van der Waals surface area contributed by atoms with Gasteiger partial charge in [-0.2, -0.15) is 0 Å². The van der Waals surface area contributed by atoms with Crippen LogP contribution < -0.4 is 5.32 Å². The SMILES string of the molecule is C[C@@H]1[C@@H](NC(=O)c2cc3nc(C4CC4)sc3[nH]2)C[C@H]2C[C@@H]1C2(C)C. The van der Waals surface area contributed by atoms with Crippen molar-refractivity contribution in [3.63, 3.8) is 0 Å². The average molecular weight is 343 g/mol. The summed E-state index contributed by atoms with van der Waals surface area (Å²) < 4.78 is 0. The molecule has 6 rings (SSSR count). The Morgan fingerprint density at radius 1 is 1.38 bits per heavy atom. The van der Waals surface area contributed by atoms with Gasteiger partial charge in [0.05, 0.1) is 5.01 Å². The predicted molar refractivity (Wildman–Crippen MR) is 96.4 cm³/mol. The second kappa shape index (κ2) is 4.84. The fourth-order valence-electron chi connectivity index (χ4n) is 5.05. The maximum atomic E-state index is 12.7. The van der Waals surface area contributed by atoms with Gasteiger partial charge < -0.3 is 10.3 Å². The third-order valence-electron chi connectivity index (χ3n) is 7.04. The van der Waals surface area contributed by atoms with Crippen molar-refractivity contribution in [2.75, 3.05) is 0 Å². The van der Waals surface area contributed by atoms with Crippen LogP contribution in [0, 0.1) is 23.2 Å². The summed E-state index contributed by atoms with van der Waals surface area (Å²) in [7, 11) is 0. The van der Waals surface area contributed by atoms with Crippen molar-refractivity contribution < 1.29 is 4.79 Å². The number of aromatic amines is 1. The second-order valence-electron chi connectivity index (χ2n) is 8.76. The molecule has 0 unspecified atom stereocenters. The smallest absolute Gasteiger partial charge is 0.268 e. The van der Waals surface area contributed by atoms with Crippen LogP contribution in [0.25, 0.3) is 10.3 Å². The number of nitrogens with zero attached hydrogens (tertiary/aromatic N) is 1. The summed E-state index contributed by atoms with van der Waals surface area (Å²) in [6.07, 6.45) is 4.99. The molecule has 2 heterocycles. The minimum absolute atomic E-state index is 0.0316. The van der Waals surface area contributed by atoms with Crippen molar-refractivity contribution in [2.24, 2.45) is 23.2 Å². The van der Waals surface area contributed by atoms with Gasteiger partial charge in [0.25, 0.3) is 5.91 Å². The molecule has 128 valence electrons. The molecule has 24 heavy (non-hydrogen) atoms. The molecule has 0 aromatic carbocycles. The Morgan fingerprint density at radius 3 is 2.79 bits per heavy atom. The second-order valence-corrected chi connectivity index (χ2v) is 9.79. The number of carbonyl (C=O) groups excluding carboxylic acids is 1. The Morgan fingerprint density at radius 2 is 2.17 bits per heavy atom. The van der Waals surface area contributed by atoms with Crippen LogP contribution in [0.1, 0.15) is 67.9 Å². The van der Waals surface area contributed by atoms with Crippen LogP contribution in [0.15, 0.2) is 6.07 Å². The van der Waals surface area contributed by atoms with Crippen LogP contribution in [0.5, 0.6) is 0 Å². The maximum absolute atomic E-state index is 12.7. The first kappa shape index (κ1) is 14.9. The highest BCUT2D eigenvalue weighted by molar-refractivity contribution is 7.18. The molecule has 4 aliphatic rings. The van der Waals surface area contributed by atoms with Crippen molar-refractivity contribution >= 4 is 27.6 Å². The molecule has 1 amide bonds. The lowest BCUT2D eigenvalue weighted by Gasteiger charge is -2.62. The van der Waals surface area contributed by atoms with E-state index < -0.39 is 0 Å². The highest BCUT2D eigenvalue weighted by atomic mass is 32.1. The summed E-state index contributed by atoms with van der Waals surface area (Å²) in [5.74, 6) is 2.77. The van der Waals surface area contributed by atoms with Gasteiger partial charge in [0.15, 0.2) is 0 Å². The Hall–Kier alpha value is -1.36. The molecule has 0 saturated heterocycles. The largest absolute Gasteiger partial charge is 0.348 e. The van der Waals surface area contributed by atoms with Crippen LogP contribution in [0.4, 0.5) is 0 Å². The standard InChI is InChI=1S/C19H25N3OS/c1-9-12-6-11(19(12,2)3)7-13(9)20-16(23)14-8-15-18(21-14)24-17(22-15)10-4-5-10/h8-13,21H,4-7H2,1-3H3,(H,20,23)/t9-,11+,12-,13-/m0/s1. The molecular formula is C19H25N3OS. The van der Waals surface area contributed by atoms with E-state index >= 15 is 0 Å². The number of carbonyl (C=O) groups is 1. The first-order valence-electron chi connectivity index (χ1n) is 9.24. The van der Waals surface area contributed by atoms with E-state index in [0.29, 0.717) is 29.0 Å². The lowest BCUT2D eigenvalue weighted by molar-refractivity contribution is -0.113. The minimum atomic E-state index is 0.0316. The van der Waals surface area contributed by atoms with Crippen LogP contribution in [0.2, 0.25) is 0 Å². The molecule has 4 saturated carbocycles. The molecule has 0 aliphatic heterocycles. The lowest BCUT2D eigenvalue weighted by Crippen LogP contribution is -2.60. The highest BCUT2D eigenvalue weighted by Gasteiger charge is 2.56. The normalized spacial score (nSPS) is 34.1.